The molecule has 0 aliphatic heterocycles. The van der Waals surface area contributed by atoms with Crippen molar-refractivity contribution in [2.24, 2.45) is 5.10 Å². The van der Waals surface area contributed by atoms with Crippen molar-refractivity contribution in [1.29, 1.82) is 0 Å². The van der Waals surface area contributed by atoms with Crippen LogP contribution < -0.4 is 14.9 Å². The molecule has 0 heterocycles. The lowest BCUT2D eigenvalue weighted by Gasteiger charge is -2.09. The molecule has 6 heteroatoms. The Morgan fingerprint density at radius 3 is 2.41 bits per heavy atom. The Bertz CT molecular complexity index is 766. The van der Waals surface area contributed by atoms with E-state index in [2.05, 4.69) is 17.5 Å². The molecule has 0 saturated heterocycles. The van der Waals surface area contributed by atoms with Gasteiger partial charge in [0.2, 0.25) is 0 Å². The minimum Gasteiger partial charge on any atom is -0.494 e. The number of amides is 1. The lowest BCUT2D eigenvalue weighted by Crippen LogP contribution is -2.24. The summed E-state index contributed by atoms with van der Waals surface area (Å²) in [5.74, 6) is 1.09. The maximum atomic E-state index is 11.8. The molecule has 0 radical (unpaired) electrons. The van der Waals surface area contributed by atoms with Crippen LogP contribution in [0.15, 0.2) is 41.5 Å². The van der Waals surface area contributed by atoms with E-state index in [4.69, 9.17) is 21.1 Å². The fraction of sp³-hybridized carbons (Fsp3) is 0.333. The van der Waals surface area contributed by atoms with E-state index >= 15 is 0 Å². The number of hydrogen-bond donors (Lipinski definition) is 1. The minimum atomic E-state index is -0.337. The highest BCUT2D eigenvalue weighted by molar-refractivity contribution is 6.32. The van der Waals surface area contributed by atoms with Crippen molar-refractivity contribution in [2.45, 2.75) is 33.6 Å². The molecule has 0 unspecified atom stereocenters. The summed E-state index contributed by atoms with van der Waals surface area (Å²) in [6.07, 6.45) is 3.71. The Hall–Kier alpha value is -2.53. The summed E-state index contributed by atoms with van der Waals surface area (Å²) in [6, 6.07) is 11.1. The van der Waals surface area contributed by atoms with Crippen molar-refractivity contribution in [3.05, 3.63) is 58.1 Å². The standard InChI is InChI=1S/C21H25ClN2O3/c1-4-5-10-26-18-8-6-17(7-9-18)13-23-24-20(25)14-27-19-11-15(2)21(22)16(3)12-19/h6-9,11-13H,4-5,10,14H2,1-3H3,(H,24,25)/b23-13+. The average Bonchev–Trinajstić information content (AvgIpc) is 2.66. The van der Waals surface area contributed by atoms with E-state index in [-0.39, 0.29) is 12.5 Å². The second-order valence-electron chi connectivity index (χ2n) is 6.22. The quantitative estimate of drug-likeness (QED) is 0.386. The van der Waals surface area contributed by atoms with Gasteiger partial charge in [0.25, 0.3) is 5.91 Å². The van der Waals surface area contributed by atoms with Gasteiger partial charge in [-0.2, -0.15) is 5.10 Å². The topological polar surface area (TPSA) is 59.9 Å². The minimum absolute atomic E-state index is 0.123. The molecule has 1 amide bonds. The number of nitrogens with one attached hydrogen (secondary N) is 1. The Morgan fingerprint density at radius 2 is 1.78 bits per heavy atom. The molecule has 0 saturated carbocycles. The molecule has 5 nitrogen and oxygen atoms in total. The second-order valence-corrected chi connectivity index (χ2v) is 6.60. The van der Waals surface area contributed by atoms with Gasteiger partial charge < -0.3 is 9.47 Å². The molecule has 0 atom stereocenters. The van der Waals surface area contributed by atoms with Crippen molar-refractivity contribution in [1.82, 2.24) is 5.43 Å². The third-order valence-electron chi connectivity index (χ3n) is 3.83. The Balaban J connectivity index is 1.78. The lowest BCUT2D eigenvalue weighted by atomic mass is 10.1. The first-order chi connectivity index (χ1) is 13.0. The summed E-state index contributed by atoms with van der Waals surface area (Å²) >= 11 is 6.12. The summed E-state index contributed by atoms with van der Waals surface area (Å²) in [5, 5.41) is 4.65. The SMILES string of the molecule is CCCCOc1ccc(/C=N/NC(=O)COc2cc(C)c(Cl)c(C)c2)cc1. The predicted octanol–water partition coefficient (Wildman–Crippen LogP) is 4.66. The highest BCUT2D eigenvalue weighted by atomic mass is 35.5. The molecule has 0 fully saturated rings. The van der Waals surface area contributed by atoms with Crippen LogP contribution in [-0.2, 0) is 4.79 Å². The third-order valence-corrected chi connectivity index (χ3v) is 4.43. The summed E-state index contributed by atoms with van der Waals surface area (Å²) < 4.78 is 11.1. The van der Waals surface area contributed by atoms with Crippen molar-refractivity contribution in [2.75, 3.05) is 13.2 Å². The zero-order chi connectivity index (χ0) is 19.6. The number of unbranched alkanes of at least 4 members (excludes halogenated alkanes) is 1. The van der Waals surface area contributed by atoms with Crippen LogP contribution in [0.5, 0.6) is 11.5 Å². The number of aryl methyl sites for hydroxylation is 2. The number of carbonyl (C=O) groups is 1. The second kappa shape index (κ2) is 10.6. The summed E-state index contributed by atoms with van der Waals surface area (Å²) in [5.41, 5.74) is 5.13. The number of benzene rings is 2. The first kappa shape index (κ1) is 20.8. The van der Waals surface area contributed by atoms with Crippen LogP contribution >= 0.6 is 11.6 Å². The molecule has 2 rings (SSSR count). The summed E-state index contributed by atoms with van der Waals surface area (Å²) in [4.78, 5) is 11.8. The number of halogens is 1. The summed E-state index contributed by atoms with van der Waals surface area (Å²) in [6.45, 7) is 6.51. The molecule has 0 aliphatic carbocycles. The van der Waals surface area contributed by atoms with Gasteiger partial charge in [0.1, 0.15) is 11.5 Å². The fourth-order valence-electron chi connectivity index (χ4n) is 2.33. The van der Waals surface area contributed by atoms with Crippen molar-refractivity contribution >= 4 is 23.7 Å². The van der Waals surface area contributed by atoms with Gasteiger partial charge in [-0.3, -0.25) is 4.79 Å². The molecule has 2 aromatic carbocycles. The van der Waals surface area contributed by atoms with E-state index < -0.39 is 0 Å². The first-order valence-corrected chi connectivity index (χ1v) is 9.31. The largest absolute Gasteiger partial charge is 0.494 e. The normalized spacial score (nSPS) is 10.8. The number of hydrogen-bond acceptors (Lipinski definition) is 4. The van der Waals surface area contributed by atoms with Gasteiger partial charge in [0, 0.05) is 5.02 Å². The number of rotatable bonds is 9. The predicted molar refractivity (Wildman–Crippen MR) is 109 cm³/mol. The van der Waals surface area contributed by atoms with Crippen LogP contribution in [0.4, 0.5) is 0 Å². The van der Waals surface area contributed by atoms with Crippen molar-refractivity contribution in [3.63, 3.8) is 0 Å². The molecule has 1 N–H and O–H groups in total. The molecule has 0 spiro atoms. The smallest absolute Gasteiger partial charge is 0.277 e. The zero-order valence-electron chi connectivity index (χ0n) is 15.9. The number of nitrogens with zero attached hydrogens (tertiary/aromatic N) is 1. The third kappa shape index (κ3) is 6.94. The van der Waals surface area contributed by atoms with Crippen LogP contribution in [0.25, 0.3) is 0 Å². The highest BCUT2D eigenvalue weighted by Crippen LogP contribution is 2.25. The van der Waals surface area contributed by atoms with E-state index in [1.54, 1.807) is 18.3 Å². The molecule has 0 aliphatic rings. The maximum Gasteiger partial charge on any atom is 0.277 e. The molecule has 0 aromatic heterocycles. The molecular weight excluding hydrogens is 364 g/mol. The zero-order valence-corrected chi connectivity index (χ0v) is 16.7. The molecule has 0 bridgehead atoms. The maximum absolute atomic E-state index is 11.8. The van der Waals surface area contributed by atoms with Crippen LogP contribution in [-0.4, -0.2) is 25.3 Å². The molecular formula is C21H25ClN2O3. The monoisotopic (exact) mass is 388 g/mol. The highest BCUT2D eigenvalue weighted by Gasteiger charge is 2.06. The van der Waals surface area contributed by atoms with Crippen molar-refractivity contribution in [3.8, 4) is 11.5 Å². The van der Waals surface area contributed by atoms with Crippen LogP contribution in [0.1, 0.15) is 36.5 Å². The Morgan fingerprint density at radius 1 is 1.11 bits per heavy atom. The van der Waals surface area contributed by atoms with Crippen molar-refractivity contribution < 1.29 is 14.3 Å². The number of ether oxygens (including phenoxy) is 2. The molecule has 27 heavy (non-hydrogen) atoms. The van der Waals surface area contributed by atoms with Gasteiger partial charge >= 0.3 is 0 Å². The molecule has 144 valence electrons. The first-order valence-electron chi connectivity index (χ1n) is 8.94. The lowest BCUT2D eigenvalue weighted by molar-refractivity contribution is -0.123. The van der Waals surface area contributed by atoms with Gasteiger partial charge in [-0.15, -0.1) is 0 Å². The van der Waals surface area contributed by atoms with Gasteiger partial charge in [0.15, 0.2) is 6.61 Å². The Labute approximate surface area is 165 Å². The van der Waals surface area contributed by atoms with Crippen LogP contribution in [0.3, 0.4) is 0 Å². The van der Waals surface area contributed by atoms with E-state index in [9.17, 15) is 4.79 Å². The van der Waals surface area contributed by atoms with Gasteiger partial charge in [-0.05, 0) is 73.4 Å². The van der Waals surface area contributed by atoms with Gasteiger partial charge in [0.05, 0.1) is 12.8 Å². The van der Waals surface area contributed by atoms with Gasteiger partial charge in [-0.1, -0.05) is 24.9 Å². The van der Waals surface area contributed by atoms with E-state index in [1.165, 1.54) is 0 Å². The van der Waals surface area contributed by atoms with Crippen LogP contribution in [0.2, 0.25) is 5.02 Å². The number of hydrazone groups is 1. The van der Waals surface area contributed by atoms with Crippen LogP contribution in [0, 0.1) is 13.8 Å². The molecule has 2 aromatic rings. The fourth-order valence-corrected chi connectivity index (χ4v) is 2.44. The van der Waals surface area contributed by atoms with E-state index in [0.717, 1.165) is 35.3 Å². The van der Waals surface area contributed by atoms with Gasteiger partial charge in [-0.25, -0.2) is 5.43 Å². The number of carbonyl (C=O) groups excluding carboxylic acids is 1. The van der Waals surface area contributed by atoms with E-state index in [1.807, 2.05) is 38.1 Å². The van der Waals surface area contributed by atoms with E-state index in [0.29, 0.717) is 17.4 Å². The Kier molecular flexibility index (Phi) is 8.14. The summed E-state index contributed by atoms with van der Waals surface area (Å²) in [7, 11) is 0. The average molecular weight is 389 g/mol.